The van der Waals surface area contributed by atoms with E-state index in [-0.39, 0.29) is 5.54 Å². The standard InChI is InChI=1S/C13H29N3O2S/c1-4-10-15-19(17,18)16(5-2)13(11-14)8-6-12(3)7-9-13/h12,15H,4-11,14H2,1-3H3. The second-order valence-electron chi connectivity index (χ2n) is 5.68. The predicted octanol–water partition coefficient (Wildman–Crippen LogP) is 1.46. The first-order valence-electron chi connectivity index (χ1n) is 7.39. The number of hydrogen-bond donors (Lipinski definition) is 2. The zero-order valence-electron chi connectivity index (χ0n) is 12.5. The van der Waals surface area contributed by atoms with Gasteiger partial charge in [0.1, 0.15) is 0 Å². The van der Waals surface area contributed by atoms with E-state index in [0.29, 0.717) is 25.6 Å². The van der Waals surface area contributed by atoms with Gasteiger partial charge in [0, 0.05) is 25.2 Å². The van der Waals surface area contributed by atoms with Crippen molar-refractivity contribution in [1.82, 2.24) is 9.03 Å². The summed E-state index contributed by atoms with van der Waals surface area (Å²) in [6.45, 7) is 7.43. The average molecular weight is 291 g/mol. The summed E-state index contributed by atoms with van der Waals surface area (Å²) in [5, 5.41) is 0. The molecule has 5 nitrogen and oxygen atoms in total. The van der Waals surface area contributed by atoms with Gasteiger partial charge in [-0.15, -0.1) is 0 Å². The van der Waals surface area contributed by atoms with E-state index in [2.05, 4.69) is 11.6 Å². The van der Waals surface area contributed by atoms with E-state index in [0.717, 1.165) is 32.1 Å². The highest BCUT2D eigenvalue weighted by Gasteiger charge is 2.43. The van der Waals surface area contributed by atoms with E-state index in [1.165, 1.54) is 0 Å². The van der Waals surface area contributed by atoms with Crippen LogP contribution in [0.2, 0.25) is 0 Å². The van der Waals surface area contributed by atoms with Gasteiger partial charge < -0.3 is 5.73 Å². The van der Waals surface area contributed by atoms with E-state index in [1.807, 2.05) is 13.8 Å². The molecule has 0 aromatic heterocycles. The SMILES string of the molecule is CCCNS(=O)(=O)N(CC)C1(CN)CCC(C)CC1. The Morgan fingerprint density at radius 2 is 1.89 bits per heavy atom. The number of nitrogens with two attached hydrogens (primary N) is 1. The smallest absolute Gasteiger partial charge is 0.279 e. The van der Waals surface area contributed by atoms with Crippen LogP contribution in [-0.4, -0.2) is 37.9 Å². The fraction of sp³-hybridized carbons (Fsp3) is 1.00. The summed E-state index contributed by atoms with van der Waals surface area (Å²) < 4.78 is 29.1. The van der Waals surface area contributed by atoms with Crippen molar-refractivity contribution >= 4 is 10.2 Å². The van der Waals surface area contributed by atoms with Crippen LogP contribution >= 0.6 is 0 Å². The molecule has 1 rings (SSSR count). The summed E-state index contributed by atoms with van der Waals surface area (Å²) in [5.41, 5.74) is 5.56. The molecule has 1 saturated carbocycles. The molecule has 0 aromatic carbocycles. The van der Waals surface area contributed by atoms with Crippen molar-refractivity contribution in [1.29, 1.82) is 0 Å². The van der Waals surface area contributed by atoms with Crippen LogP contribution in [0, 0.1) is 5.92 Å². The molecule has 0 saturated heterocycles. The van der Waals surface area contributed by atoms with Crippen molar-refractivity contribution < 1.29 is 8.42 Å². The minimum Gasteiger partial charge on any atom is -0.329 e. The topological polar surface area (TPSA) is 75.4 Å². The van der Waals surface area contributed by atoms with Crippen LogP contribution in [0.1, 0.15) is 52.9 Å². The Morgan fingerprint density at radius 1 is 1.32 bits per heavy atom. The molecule has 0 heterocycles. The summed E-state index contributed by atoms with van der Waals surface area (Å²) in [4.78, 5) is 0. The van der Waals surface area contributed by atoms with E-state index < -0.39 is 10.2 Å². The molecule has 0 bridgehead atoms. The van der Waals surface area contributed by atoms with Crippen molar-refractivity contribution in [2.24, 2.45) is 11.7 Å². The molecule has 0 spiro atoms. The fourth-order valence-corrected chi connectivity index (χ4v) is 4.65. The lowest BCUT2D eigenvalue weighted by Crippen LogP contribution is -2.60. The third-order valence-corrected chi connectivity index (χ3v) is 6.02. The van der Waals surface area contributed by atoms with Crippen molar-refractivity contribution in [3.05, 3.63) is 0 Å². The van der Waals surface area contributed by atoms with E-state index in [4.69, 9.17) is 5.73 Å². The van der Waals surface area contributed by atoms with Gasteiger partial charge in [-0.3, -0.25) is 0 Å². The van der Waals surface area contributed by atoms with Gasteiger partial charge in [0.25, 0.3) is 10.2 Å². The number of likely N-dealkylation sites (N-methyl/N-ethyl adjacent to an activating group) is 1. The van der Waals surface area contributed by atoms with Crippen LogP contribution in [0.3, 0.4) is 0 Å². The Hall–Kier alpha value is -0.170. The molecule has 0 atom stereocenters. The van der Waals surface area contributed by atoms with Gasteiger partial charge in [-0.2, -0.15) is 12.7 Å². The monoisotopic (exact) mass is 291 g/mol. The van der Waals surface area contributed by atoms with Crippen LogP contribution in [0.4, 0.5) is 0 Å². The highest BCUT2D eigenvalue weighted by atomic mass is 32.2. The van der Waals surface area contributed by atoms with Crippen molar-refractivity contribution in [2.75, 3.05) is 19.6 Å². The Kier molecular flexibility index (Phi) is 6.23. The number of nitrogens with one attached hydrogen (secondary N) is 1. The van der Waals surface area contributed by atoms with Crippen LogP contribution in [-0.2, 0) is 10.2 Å². The van der Waals surface area contributed by atoms with Gasteiger partial charge in [-0.1, -0.05) is 20.8 Å². The summed E-state index contributed by atoms with van der Waals surface area (Å²) in [6.07, 6.45) is 4.63. The van der Waals surface area contributed by atoms with Gasteiger partial charge in [0.15, 0.2) is 0 Å². The third kappa shape index (κ3) is 3.90. The molecule has 1 aliphatic rings. The van der Waals surface area contributed by atoms with E-state index >= 15 is 0 Å². The molecule has 6 heteroatoms. The first-order valence-corrected chi connectivity index (χ1v) is 8.83. The summed E-state index contributed by atoms with van der Waals surface area (Å²) >= 11 is 0. The second-order valence-corrected chi connectivity index (χ2v) is 7.35. The zero-order chi connectivity index (χ0) is 14.5. The van der Waals surface area contributed by atoms with Gasteiger partial charge in [-0.25, -0.2) is 4.72 Å². The molecular formula is C13H29N3O2S. The number of hydrogen-bond acceptors (Lipinski definition) is 3. The van der Waals surface area contributed by atoms with Crippen LogP contribution in [0.25, 0.3) is 0 Å². The minimum absolute atomic E-state index is 0.388. The number of rotatable bonds is 7. The molecule has 0 aliphatic heterocycles. The summed E-state index contributed by atoms with van der Waals surface area (Å²) in [5.74, 6) is 0.671. The molecule has 0 amide bonds. The van der Waals surface area contributed by atoms with Crippen LogP contribution in [0.5, 0.6) is 0 Å². The number of nitrogens with zero attached hydrogens (tertiary/aromatic N) is 1. The second kappa shape index (κ2) is 7.02. The first kappa shape index (κ1) is 16.9. The highest BCUT2D eigenvalue weighted by Crippen LogP contribution is 2.36. The lowest BCUT2D eigenvalue weighted by atomic mass is 9.77. The van der Waals surface area contributed by atoms with Crippen LogP contribution < -0.4 is 10.5 Å². The fourth-order valence-electron chi connectivity index (χ4n) is 2.92. The predicted molar refractivity (Wildman–Crippen MR) is 79.0 cm³/mol. The molecule has 1 aliphatic carbocycles. The van der Waals surface area contributed by atoms with Gasteiger partial charge in [0.2, 0.25) is 0 Å². The largest absolute Gasteiger partial charge is 0.329 e. The maximum absolute atomic E-state index is 12.4. The van der Waals surface area contributed by atoms with Gasteiger partial charge in [-0.05, 0) is 38.0 Å². The third-order valence-electron chi connectivity index (χ3n) is 4.23. The van der Waals surface area contributed by atoms with E-state index in [9.17, 15) is 8.42 Å². The summed E-state index contributed by atoms with van der Waals surface area (Å²) in [7, 11) is -3.42. The van der Waals surface area contributed by atoms with Crippen molar-refractivity contribution in [2.45, 2.75) is 58.4 Å². The quantitative estimate of drug-likeness (QED) is 0.745. The average Bonchev–Trinajstić information content (AvgIpc) is 2.39. The van der Waals surface area contributed by atoms with Crippen LogP contribution in [0.15, 0.2) is 0 Å². The molecule has 1 fully saturated rings. The van der Waals surface area contributed by atoms with E-state index in [1.54, 1.807) is 4.31 Å². The lowest BCUT2D eigenvalue weighted by Gasteiger charge is -2.45. The summed E-state index contributed by atoms with van der Waals surface area (Å²) in [6, 6.07) is 0. The minimum atomic E-state index is -3.42. The van der Waals surface area contributed by atoms with Gasteiger partial charge >= 0.3 is 0 Å². The molecule has 114 valence electrons. The normalized spacial score (nSPS) is 28.8. The van der Waals surface area contributed by atoms with Crippen molar-refractivity contribution in [3.8, 4) is 0 Å². The Morgan fingerprint density at radius 3 is 2.32 bits per heavy atom. The highest BCUT2D eigenvalue weighted by molar-refractivity contribution is 7.87. The Labute approximate surface area is 118 Å². The van der Waals surface area contributed by atoms with Crippen molar-refractivity contribution in [3.63, 3.8) is 0 Å². The molecule has 0 radical (unpaired) electrons. The Bertz CT molecular complexity index is 362. The lowest BCUT2D eigenvalue weighted by molar-refractivity contribution is 0.118. The van der Waals surface area contributed by atoms with Gasteiger partial charge in [0.05, 0.1) is 0 Å². The molecule has 3 N–H and O–H groups in total. The Balaban J connectivity index is 2.92. The zero-order valence-corrected chi connectivity index (χ0v) is 13.3. The maximum atomic E-state index is 12.4. The molecule has 0 aromatic rings. The maximum Gasteiger partial charge on any atom is 0.279 e. The molecule has 19 heavy (non-hydrogen) atoms. The first-order chi connectivity index (χ1) is 8.91. The molecular weight excluding hydrogens is 262 g/mol. The molecule has 0 unspecified atom stereocenters.